The number of anilines is 2. The fraction of sp³-hybridized carbons (Fsp3) is 0.226. The lowest BCUT2D eigenvalue weighted by atomic mass is 9.69. The van der Waals surface area contributed by atoms with E-state index in [4.69, 9.17) is 23.2 Å². The molecule has 0 saturated heterocycles. The van der Waals surface area contributed by atoms with Crippen molar-refractivity contribution in [2.24, 2.45) is 0 Å². The van der Waals surface area contributed by atoms with Gasteiger partial charge >= 0.3 is 7.82 Å². The maximum atomic E-state index is 14.4. The van der Waals surface area contributed by atoms with Gasteiger partial charge in [0.15, 0.2) is 11.4 Å². The maximum absolute atomic E-state index is 14.4. The van der Waals surface area contributed by atoms with E-state index in [9.17, 15) is 38.4 Å². The summed E-state index contributed by atoms with van der Waals surface area (Å²) in [5.74, 6) is -3.31. The van der Waals surface area contributed by atoms with Crippen LogP contribution in [-0.2, 0) is 36.2 Å². The van der Waals surface area contributed by atoms with Crippen molar-refractivity contribution in [2.75, 3.05) is 11.5 Å². The van der Waals surface area contributed by atoms with E-state index in [0.717, 1.165) is 11.1 Å². The third-order valence-electron chi connectivity index (χ3n) is 8.77. The second kappa shape index (κ2) is 11.7. The molecular formula is C31H23Cl2FN7O7P. The highest BCUT2D eigenvalue weighted by molar-refractivity contribution is 7.46. The summed E-state index contributed by atoms with van der Waals surface area (Å²) in [5, 5.41) is 14.2. The third-order valence-corrected chi connectivity index (χ3v) is 9.81. The summed E-state index contributed by atoms with van der Waals surface area (Å²) in [5.41, 5.74) is -0.645. The Bertz CT molecular complexity index is 2150. The molecule has 14 nitrogen and oxygen atoms in total. The first kappa shape index (κ1) is 32.8. The monoisotopic (exact) mass is 725 g/mol. The molecule has 3 amide bonds. The number of hydrogen-bond acceptors (Lipinski definition) is 8. The van der Waals surface area contributed by atoms with Crippen molar-refractivity contribution in [3.05, 3.63) is 105 Å². The molecule has 1 fully saturated rings. The average molecular weight is 726 g/mol. The Hall–Kier alpha value is -4.68. The number of fused-ring (bicyclic) bond motifs is 4. The SMILES string of the molecule is N#Cc1ccc2c(c1)[C@@]1(C2)C(=O)N(c2cc(Cl)c(F)c(Cl)c2)c2ncc(C(=O)N[C@@H](COP(=O)(O)O)C(=O)NC3(c4ccccn4)CC3)n21. The zero-order valence-corrected chi connectivity index (χ0v) is 27.3. The van der Waals surface area contributed by atoms with Crippen LogP contribution in [0.4, 0.5) is 16.0 Å². The fourth-order valence-corrected chi connectivity index (χ4v) is 7.10. The number of phosphoric acid groups is 1. The summed E-state index contributed by atoms with van der Waals surface area (Å²) in [6.45, 7) is -0.904. The summed E-state index contributed by atoms with van der Waals surface area (Å²) in [4.78, 5) is 70.6. The number of phosphoric ester groups is 1. The summed E-state index contributed by atoms with van der Waals surface area (Å²) in [6.07, 6.45) is 3.86. The molecular weight excluding hydrogens is 703 g/mol. The van der Waals surface area contributed by atoms with Crippen LogP contribution in [0, 0.1) is 17.1 Å². The predicted molar refractivity (Wildman–Crippen MR) is 170 cm³/mol. The van der Waals surface area contributed by atoms with Crippen molar-refractivity contribution in [3.8, 4) is 6.07 Å². The van der Waals surface area contributed by atoms with Crippen LogP contribution in [-0.4, -0.2) is 54.7 Å². The molecule has 7 rings (SSSR count). The highest BCUT2D eigenvalue weighted by Gasteiger charge is 2.61. The standard InChI is InChI=1S/C31H23Cl2FN7O7P/c32-20-10-18(11-21(33)25(20)34)40-28(44)31(12-17-5-4-16(13-35)9-19(17)31)41-23(14-37-29(40)41)27(43)38-22(15-48-49(45,46)47)26(42)39-30(6-7-30)24-3-1-2-8-36-24/h1-5,8-11,14,22H,6-7,12,15H2,(H,38,43)(H,39,42)(H2,45,46,47)/t22-,31-/m0/s1. The number of pyridine rings is 1. The van der Waals surface area contributed by atoms with E-state index in [1.807, 2.05) is 6.07 Å². The Morgan fingerprint density at radius 1 is 1.14 bits per heavy atom. The number of nitrogens with one attached hydrogen (secondary N) is 2. The molecule has 2 aromatic carbocycles. The zero-order chi connectivity index (χ0) is 34.9. The first-order valence-corrected chi connectivity index (χ1v) is 16.9. The molecule has 1 spiro atoms. The Kier molecular flexibility index (Phi) is 7.86. The number of benzene rings is 2. The first-order valence-electron chi connectivity index (χ1n) is 14.6. The number of nitriles is 1. The number of carbonyl (C=O) groups excluding carboxylic acids is 3. The van der Waals surface area contributed by atoms with Crippen LogP contribution in [0.1, 0.15) is 45.7 Å². The van der Waals surface area contributed by atoms with E-state index < -0.39 is 55.1 Å². The number of nitrogens with zero attached hydrogens (tertiary/aromatic N) is 5. The second-order valence-corrected chi connectivity index (χ2v) is 13.8. The Morgan fingerprint density at radius 2 is 1.88 bits per heavy atom. The van der Waals surface area contributed by atoms with Gasteiger partial charge in [-0.25, -0.2) is 18.8 Å². The second-order valence-electron chi connectivity index (χ2n) is 11.8. The lowest BCUT2D eigenvalue weighted by Crippen LogP contribution is -2.54. The zero-order valence-electron chi connectivity index (χ0n) is 24.9. The van der Waals surface area contributed by atoms with E-state index in [1.54, 1.807) is 36.5 Å². The largest absolute Gasteiger partial charge is 0.469 e. The number of hydrogen-bond donors (Lipinski definition) is 4. The number of halogens is 3. The van der Waals surface area contributed by atoms with Crippen LogP contribution in [0.3, 0.4) is 0 Å². The maximum Gasteiger partial charge on any atom is 0.469 e. The van der Waals surface area contributed by atoms with Crippen LogP contribution in [0.2, 0.25) is 10.0 Å². The van der Waals surface area contributed by atoms with E-state index in [0.29, 0.717) is 29.7 Å². The Morgan fingerprint density at radius 3 is 2.51 bits per heavy atom. The molecule has 3 heterocycles. The number of aromatic nitrogens is 3. The van der Waals surface area contributed by atoms with Crippen LogP contribution in [0.15, 0.2) is 60.9 Å². The summed E-state index contributed by atoms with van der Waals surface area (Å²) in [7, 11) is -5.08. The van der Waals surface area contributed by atoms with Crippen molar-refractivity contribution in [2.45, 2.75) is 36.4 Å². The molecule has 4 aromatic rings. The minimum Gasteiger partial charge on any atom is -0.343 e. The van der Waals surface area contributed by atoms with Crippen molar-refractivity contribution < 1.29 is 37.6 Å². The highest BCUT2D eigenvalue weighted by Crippen LogP contribution is 2.53. The van der Waals surface area contributed by atoms with Gasteiger partial charge in [-0.05, 0) is 60.4 Å². The molecule has 0 radical (unpaired) electrons. The highest BCUT2D eigenvalue weighted by atomic mass is 35.5. The van der Waals surface area contributed by atoms with Gasteiger partial charge in [0.05, 0.1) is 51.4 Å². The number of carbonyl (C=O) groups is 3. The molecule has 1 saturated carbocycles. The number of amides is 3. The van der Waals surface area contributed by atoms with Crippen LogP contribution in [0.5, 0.6) is 0 Å². The molecule has 2 aliphatic carbocycles. The van der Waals surface area contributed by atoms with Gasteiger partial charge in [0.2, 0.25) is 11.9 Å². The first-order chi connectivity index (χ1) is 23.3. The topological polar surface area (TPSA) is 200 Å². The summed E-state index contributed by atoms with van der Waals surface area (Å²) < 4.78 is 32.0. The van der Waals surface area contributed by atoms with Gasteiger partial charge in [-0.3, -0.25) is 28.5 Å². The van der Waals surface area contributed by atoms with E-state index in [1.165, 1.54) is 22.8 Å². The van der Waals surface area contributed by atoms with Crippen LogP contribution in [0.25, 0.3) is 0 Å². The summed E-state index contributed by atoms with van der Waals surface area (Å²) >= 11 is 12.1. The van der Waals surface area contributed by atoms with E-state index in [-0.39, 0.29) is 39.4 Å². The quantitative estimate of drug-likeness (QED) is 0.146. The van der Waals surface area contributed by atoms with Gasteiger partial charge in [-0.15, -0.1) is 0 Å². The minimum atomic E-state index is -5.08. The normalized spacial score (nSPS) is 19.0. The van der Waals surface area contributed by atoms with Gasteiger partial charge in [0, 0.05) is 12.6 Å². The van der Waals surface area contributed by atoms with Gasteiger partial charge < -0.3 is 20.4 Å². The molecule has 0 bridgehead atoms. The van der Waals surface area contributed by atoms with Crippen molar-refractivity contribution in [3.63, 3.8) is 0 Å². The molecule has 1 aliphatic heterocycles. The molecule has 2 atom stereocenters. The van der Waals surface area contributed by atoms with E-state index in [2.05, 4.69) is 25.1 Å². The van der Waals surface area contributed by atoms with Crippen molar-refractivity contribution >= 4 is 60.4 Å². The smallest absolute Gasteiger partial charge is 0.343 e. The van der Waals surface area contributed by atoms with Crippen LogP contribution < -0.4 is 15.5 Å². The third kappa shape index (κ3) is 5.47. The van der Waals surface area contributed by atoms with E-state index >= 15 is 0 Å². The molecule has 0 unspecified atom stereocenters. The van der Waals surface area contributed by atoms with Gasteiger partial charge in [0.1, 0.15) is 11.7 Å². The lowest BCUT2D eigenvalue weighted by Gasteiger charge is -2.41. The molecule has 2 aromatic heterocycles. The predicted octanol–water partition coefficient (Wildman–Crippen LogP) is 3.59. The number of imidazole rings is 1. The molecule has 18 heteroatoms. The van der Waals surface area contributed by atoms with Gasteiger partial charge in [-0.2, -0.15) is 5.26 Å². The lowest BCUT2D eigenvalue weighted by molar-refractivity contribution is -0.125. The van der Waals surface area contributed by atoms with Crippen molar-refractivity contribution in [1.82, 2.24) is 25.2 Å². The number of rotatable bonds is 9. The molecule has 3 aliphatic rings. The van der Waals surface area contributed by atoms with Gasteiger partial charge in [-0.1, -0.05) is 35.3 Å². The average Bonchev–Trinajstić information content (AvgIpc) is 3.63. The molecule has 250 valence electrons. The van der Waals surface area contributed by atoms with Crippen molar-refractivity contribution in [1.29, 1.82) is 5.26 Å². The van der Waals surface area contributed by atoms with Crippen LogP contribution >= 0.6 is 31.0 Å². The fourth-order valence-electron chi connectivity index (χ4n) is 6.28. The summed E-state index contributed by atoms with van der Waals surface area (Å²) in [6, 6.07) is 12.8. The Labute approximate surface area is 286 Å². The molecule has 49 heavy (non-hydrogen) atoms. The van der Waals surface area contributed by atoms with Gasteiger partial charge in [0.25, 0.3) is 11.8 Å². The molecule has 4 N–H and O–H groups in total. The minimum absolute atomic E-state index is 0.0542. The Balaban J connectivity index is 1.28.